The molecule has 0 aliphatic heterocycles. The lowest BCUT2D eigenvalue weighted by Gasteiger charge is -2.22. The predicted octanol–water partition coefficient (Wildman–Crippen LogP) is 2.87. The summed E-state index contributed by atoms with van der Waals surface area (Å²) in [6.45, 7) is 5.24. The van der Waals surface area contributed by atoms with Crippen molar-refractivity contribution in [2.75, 3.05) is 0 Å². The topological polar surface area (TPSA) is 103 Å². The molecular formula is C25H31N5O2. The Morgan fingerprint density at radius 2 is 1.84 bits per heavy atom. The van der Waals surface area contributed by atoms with E-state index in [4.69, 9.17) is 0 Å². The Morgan fingerprint density at radius 1 is 1.12 bits per heavy atom. The number of nitrogens with zero attached hydrogens (tertiary/aromatic N) is 2. The standard InChI is InChI=1S/C25H31N5O2/c1-16(2)24-28-15-21(30-24)22-20(27-13-18-8-10-26-11-9-18)12-19(23(22)31)25(32)29-14-17-6-4-3-5-7-17/h3-11,15-16,19-20,22-23,27,31H,12-14H2,1-2H3,(H,28,30)(H,29,32)/t19-,20+,22+,23+/m0/s1. The van der Waals surface area contributed by atoms with Gasteiger partial charge in [0.25, 0.3) is 0 Å². The van der Waals surface area contributed by atoms with Crippen LogP contribution in [0, 0.1) is 5.92 Å². The molecule has 7 nitrogen and oxygen atoms in total. The van der Waals surface area contributed by atoms with Gasteiger partial charge in [0.15, 0.2) is 0 Å². The summed E-state index contributed by atoms with van der Waals surface area (Å²) >= 11 is 0. The second-order valence-corrected chi connectivity index (χ2v) is 8.78. The van der Waals surface area contributed by atoms with E-state index in [0.717, 1.165) is 22.6 Å². The lowest BCUT2D eigenvalue weighted by atomic mass is 9.96. The summed E-state index contributed by atoms with van der Waals surface area (Å²) in [5.41, 5.74) is 3.01. The van der Waals surface area contributed by atoms with Gasteiger partial charge in [-0.05, 0) is 29.7 Å². The van der Waals surface area contributed by atoms with Gasteiger partial charge in [-0.2, -0.15) is 0 Å². The molecule has 3 aromatic rings. The number of imidazole rings is 1. The number of aromatic amines is 1. The Bertz CT molecular complexity index is 1010. The van der Waals surface area contributed by atoms with Crippen molar-refractivity contribution >= 4 is 5.91 Å². The normalized spacial score (nSPS) is 22.9. The first-order valence-electron chi connectivity index (χ1n) is 11.2. The molecular weight excluding hydrogens is 402 g/mol. The van der Waals surface area contributed by atoms with Crippen LogP contribution in [0.2, 0.25) is 0 Å². The Morgan fingerprint density at radius 3 is 2.53 bits per heavy atom. The van der Waals surface area contributed by atoms with Gasteiger partial charge in [0, 0.05) is 55.3 Å². The fourth-order valence-electron chi connectivity index (χ4n) is 4.40. The quantitative estimate of drug-likeness (QED) is 0.437. The number of aliphatic hydroxyl groups excluding tert-OH is 1. The van der Waals surface area contributed by atoms with E-state index in [1.165, 1.54) is 0 Å². The molecule has 4 N–H and O–H groups in total. The summed E-state index contributed by atoms with van der Waals surface area (Å²) in [7, 11) is 0. The highest BCUT2D eigenvalue weighted by atomic mass is 16.3. The van der Waals surface area contributed by atoms with Crippen molar-refractivity contribution in [2.45, 2.75) is 57.3 Å². The van der Waals surface area contributed by atoms with Gasteiger partial charge < -0.3 is 20.7 Å². The van der Waals surface area contributed by atoms with E-state index in [2.05, 4.69) is 39.4 Å². The van der Waals surface area contributed by atoms with Crippen molar-refractivity contribution in [3.63, 3.8) is 0 Å². The van der Waals surface area contributed by atoms with E-state index in [1.807, 2.05) is 42.5 Å². The van der Waals surface area contributed by atoms with Gasteiger partial charge in [-0.25, -0.2) is 4.98 Å². The van der Waals surface area contributed by atoms with Crippen LogP contribution in [0.4, 0.5) is 0 Å². The van der Waals surface area contributed by atoms with E-state index in [1.54, 1.807) is 18.6 Å². The second kappa shape index (κ2) is 10.1. The molecule has 4 atom stereocenters. The van der Waals surface area contributed by atoms with Gasteiger partial charge in [-0.15, -0.1) is 0 Å². The molecule has 0 unspecified atom stereocenters. The number of pyridine rings is 1. The highest BCUT2D eigenvalue weighted by molar-refractivity contribution is 5.80. The first-order chi connectivity index (χ1) is 15.5. The number of H-pyrrole nitrogens is 1. The molecule has 1 amide bonds. The summed E-state index contributed by atoms with van der Waals surface area (Å²) in [4.78, 5) is 24.9. The number of nitrogens with one attached hydrogen (secondary N) is 3. The van der Waals surface area contributed by atoms with Gasteiger partial charge in [0.1, 0.15) is 5.82 Å². The predicted molar refractivity (Wildman–Crippen MR) is 123 cm³/mol. The molecule has 1 fully saturated rings. The van der Waals surface area contributed by atoms with Crippen molar-refractivity contribution < 1.29 is 9.90 Å². The minimum absolute atomic E-state index is 0.0638. The third-order valence-corrected chi connectivity index (χ3v) is 6.21. The molecule has 4 rings (SSSR count). The van der Waals surface area contributed by atoms with E-state index < -0.39 is 12.0 Å². The number of carbonyl (C=O) groups is 1. The van der Waals surface area contributed by atoms with E-state index in [9.17, 15) is 9.90 Å². The van der Waals surface area contributed by atoms with Crippen molar-refractivity contribution in [3.8, 4) is 0 Å². The largest absolute Gasteiger partial charge is 0.392 e. The molecule has 168 valence electrons. The summed E-state index contributed by atoms with van der Waals surface area (Å²) in [5.74, 6) is 0.282. The van der Waals surface area contributed by atoms with E-state index in [0.29, 0.717) is 19.5 Å². The van der Waals surface area contributed by atoms with Crippen LogP contribution < -0.4 is 10.6 Å². The molecule has 1 saturated carbocycles. The zero-order valence-corrected chi connectivity index (χ0v) is 18.5. The van der Waals surface area contributed by atoms with Crippen molar-refractivity contribution in [3.05, 3.63) is 83.7 Å². The average molecular weight is 434 g/mol. The van der Waals surface area contributed by atoms with Gasteiger partial charge in [-0.1, -0.05) is 44.2 Å². The fraction of sp³-hybridized carbons (Fsp3) is 0.400. The number of rotatable bonds is 8. The van der Waals surface area contributed by atoms with Crippen LogP contribution in [0.15, 0.2) is 61.1 Å². The number of aliphatic hydroxyl groups is 1. The Balaban J connectivity index is 1.50. The van der Waals surface area contributed by atoms with E-state index >= 15 is 0 Å². The maximum Gasteiger partial charge on any atom is 0.226 e. The summed E-state index contributed by atoms with van der Waals surface area (Å²) in [5, 5.41) is 17.8. The first-order valence-corrected chi connectivity index (χ1v) is 11.2. The monoisotopic (exact) mass is 433 g/mol. The molecule has 2 heterocycles. The van der Waals surface area contributed by atoms with Gasteiger partial charge in [0.05, 0.1) is 12.0 Å². The lowest BCUT2D eigenvalue weighted by molar-refractivity contribution is -0.127. The van der Waals surface area contributed by atoms with Gasteiger partial charge in [0.2, 0.25) is 5.91 Å². The molecule has 0 radical (unpaired) electrons. The van der Waals surface area contributed by atoms with Crippen LogP contribution in [0.1, 0.15) is 54.7 Å². The molecule has 1 aliphatic rings. The molecule has 0 bridgehead atoms. The Kier molecular flexibility index (Phi) is 6.97. The van der Waals surface area contributed by atoms with Crippen molar-refractivity contribution in [1.29, 1.82) is 0 Å². The van der Waals surface area contributed by atoms with Crippen LogP contribution in [-0.2, 0) is 17.9 Å². The fourth-order valence-corrected chi connectivity index (χ4v) is 4.40. The third-order valence-electron chi connectivity index (χ3n) is 6.21. The Hall–Kier alpha value is -3.03. The minimum Gasteiger partial charge on any atom is -0.392 e. The molecule has 1 aliphatic carbocycles. The van der Waals surface area contributed by atoms with Gasteiger partial charge in [-0.3, -0.25) is 9.78 Å². The van der Waals surface area contributed by atoms with Crippen molar-refractivity contribution in [1.82, 2.24) is 25.6 Å². The summed E-state index contributed by atoms with van der Waals surface area (Å²) in [6.07, 6.45) is 5.08. The maximum absolute atomic E-state index is 13.0. The molecule has 0 saturated heterocycles. The number of aromatic nitrogens is 3. The second-order valence-electron chi connectivity index (χ2n) is 8.78. The number of hydrogen-bond acceptors (Lipinski definition) is 5. The molecule has 32 heavy (non-hydrogen) atoms. The third kappa shape index (κ3) is 5.06. The van der Waals surface area contributed by atoms with Crippen LogP contribution in [-0.4, -0.2) is 38.1 Å². The van der Waals surface area contributed by atoms with Crippen LogP contribution in [0.3, 0.4) is 0 Å². The first kappa shape index (κ1) is 22.2. The van der Waals surface area contributed by atoms with Gasteiger partial charge >= 0.3 is 0 Å². The van der Waals surface area contributed by atoms with E-state index in [-0.39, 0.29) is 23.8 Å². The number of amides is 1. The minimum atomic E-state index is -0.804. The zero-order valence-electron chi connectivity index (χ0n) is 18.5. The SMILES string of the molecule is CC(C)c1ncc([C@@H]2[C@H](O)[C@@H](C(=O)NCc3ccccc3)C[C@H]2NCc2ccncc2)[nH]1. The molecule has 1 aromatic carbocycles. The number of carbonyl (C=O) groups excluding carboxylic acids is 1. The highest BCUT2D eigenvalue weighted by Crippen LogP contribution is 2.39. The molecule has 0 spiro atoms. The Labute approximate surface area is 188 Å². The maximum atomic E-state index is 13.0. The summed E-state index contributed by atoms with van der Waals surface area (Å²) in [6, 6.07) is 13.7. The molecule has 7 heteroatoms. The van der Waals surface area contributed by atoms with Crippen LogP contribution in [0.5, 0.6) is 0 Å². The number of benzene rings is 1. The van der Waals surface area contributed by atoms with Crippen molar-refractivity contribution in [2.24, 2.45) is 5.92 Å². The number of hydrogen-bond donors (Lipinski definition) is 4. The zero-order chi connectivity index (χ0) is 22.5. The van der Waals surface area contributed by atoms with Crippen LogP contribution in [0.25, 0.3) is 0 Å². The lowest BCUT2D eigenvalue weighted by Crippen LogP contribution is -2.36. The smallest absolute Gasteiger partial charge is 0.226 e. The van der Waals surface area contributed by atoms with Crippen LogP contribution >= 0.6 is 0 Å². The highest BCUT2D eigenvalue weighted by Gasteiger charge is 2.47. The molecule has 2 aromatic heterocycles. The average Bonchev–Trinajstić information content (AvgIpc) is 3.42. The summed E-state index contributed by atoms with van der Waals surface area (Å²) < 4.78 is 0.